The van der Waals surface area contributed by atoms with Crippen molar-refractivity contribution in [2.45, 2.75) is 25.4 Å². The van der Waals surface area contributed by atoms with Gasteiger partial charge in [-0.1, -0.05) is 30.3 Å². The van der Waals surface area contributed by atoms with Crippen molar-refractivity contribution in [3.05, 3.63) is 41.4 Å². The molecule has 0 spiro atoms. The highest BCUT2D eigenvalue weighted by Gasteiger charge is 2.19. The maximum absolute atomic E-state index is 5.65. The van der Waals surface area contributed by atoms with E-state index in [-0.39, 0.29) is 0 Å². The SMILES string of the molecule is C=C(Cl)COc1cccc(CNC2CC2)c1. The molecule has 0 aromatic heterocycles. The van der Waals surface area contributed by atoms with Crippen LogP contribution in [0.15, 0.2) is 35.9 Å². The van der Waals surface area contributed by atoms with Gasteiger partial charge in [-0.2, -0.15) is 0 Å². The fourth-order valence-electron chi connectivity index (χ4n) is 1.46. The molecule has 16 heavy (non-hydrogen) atoms. The van der Waals surface area contributed by atoms with Crippen molar-refractivity contribution in [1.29, 1.82) is 0 Å². The molecule has 86 valence electrons. The van der Waals surface area contributed by atoms with Crippen LogP contribution in [0.1, 0.15) is 18.4 Å². The lowest BCUT2D eigenvalue weighted by molar-refractivity contribution is 0.359. The fraction of sp³-hybridized carbons (Fsp3) is 0.385. The van der Waals surface area contributed by atoms with Crippen LogP contribution in [0.2, 0.25) is 0 Å². The Morgan fingerprint density at radius 3 is 3.00 bits per heavy atom. The molecular weight excluding hydrogens is 222 g/mol. The molecule has 1 aliphatic carbocycles. The van der Waals surface area contributed by atoms with Gasteiger partial charge in [0.25, 0.3) is 0 Å². The zero-order chi connectivity index (χ0) is 11.4. The second-order valence-electron chi connectivity index (χ2n) is 4.11. The van der Waals surface area contributed by atoms with Crippen molar-refractivity contribution in [3.8, 4) is 5.75 Å². The smallest absolute Gasteiger partial charge is 0.123 e. The summed E-state index contributed by atoms with van der Waals surface area (Å²) in [7, 11) is 0. The molecule has 1 aromatic rings. The Morgan fingerprint density at radius 2 is 2.31 bits per heavy atom. The van der Waals surface area contributed by atoms with E-state index in [1.54, 1.807) is 0 Å². The van der Waals surface area contributed by atoms with Gasteiger partial charge in [0.15, 0.2) is 0 Å². The minimum Gasteiger partial charge on any atom is -0.488 e. The summed E-state index contributed by atoms with van der Waals surface area (Å²) in [4.78, 5) is 0. The van der Waals surface area contributed by atoms with E-state index in [9.17, 15) is 0 Å². The molecule has 0 aliphatic heterocycles. The third-order valence-corrected chi connectivity index (χ3v) is 2.58. The third-order valence-electron chi connectivity index (χ3n) is 2.47. The number of nitrogens with one attached hydrogen (secondary N) is 1. The molecule has 1 N–H and O–H groups in total. The van der Waals surface area contributed by atoms with E-state index in [1.807, 2.05) is 18.2 Å². The summed E-state index contributed by atoms with van der Waals surface area (Å²) in [5.74, 6) is 0.844. The molecule has 2 nitrogen and oxygen atoms in total. The molecule has 0 heterocycles. The van der Waals surface area contributed by atoms with Crippen LogP contribution >= 0.6 is 11.6 Å². The lowest BCUT2D eigenvalue weighted by Gasteiger charge is -2.07. The van der Waals surface area contributed by atoms with E-state index in [0.717, 1.165) is 18.3 Å². The van der Waals surface area contributed by atoms with Crippen molar-refractivity contribution in [1.82, 2.24) is 5.32 Å². The maximum atomic E-state index is 5.65. The number of hydrogen-bond acceptors (Lipinski definition) is 2. The Labute approximate surface area is 101 Å². The number of halogens is 1. The van der Waals surface area contributed by atoms with Crippen LogP contribution < -0.4 is 10.1 Å². The molecule has 0 unspecified atom stereocenters. The van der Waals surface area contributed by atoms with Gasteiger partial charge in [0.1, 0.15) is 12.4 Å². The summed E-state index contributed by atoms with van der Waals surface area (Å²) in [5.41, 5.74) is 1.24. The molecule has 1 aromatic carbocycles. The van der Waals surface area contributed by atoms with Crippen molar-refractivity contribution >= 4 is 11.6 Å². The van der Waals surface area contributed by atoms with E-state index in [2.05, 4.69) is 18.0 Å². The first-order valence-electron chi connectivity index (χ1n) is 5.52. The van der Waals surface area contributed by atoms with Crippen LogP contribution in [0.3, 0.4) is 0 Å². The predicted molar refractivity (Wildman–Crippen MR) is 66.8 cm³/mol. The highest BCUT2D eigenvalue weighted by Crippen LogP contribution is 2.20. The number of rotatable bonds is 6. The van der Waals surface area contributed by atoms with Crippen LogP contribution in [0, 0.1) is 0 Å². The molecule has 2 rings (SSSR count). The van der Waals surface area contributed by atoms with Gasteiger partial charge in [0.05, 0.1) is 0 Å². The van der Waals surface area contributed by atoms with E-state index in [1.165, 1.54) is 18.4 Å². The molecule has 0 saturated heterocycles. The highest BCUT2D eigenvalue weighted by molar-refractivity contribution is 6.29. The lowest BCUT2D eigenvalue weighted by atomic mass is 10.2. The van der Waals surface area contributed by atoms with E-state index < -0.39 is 0 Å². The minimum absolute atomic E-state index is 0.362. The second kappa shape index (κ2) is 5.37. The molecule has 3 heteroatoms. The van der Waals surface area contributed by atoms with Gasteiger partial charge in [-0.05, 0) is 30.5 Å². The van der Waals surface area contributed by atoms with Gasteiger partial charge >= 0.3 is 0 Å². The Bertz CT molecular complexity index is 374. The van der Waals surface area contributed by atoms with E-state index in [4.69, 9.17) is 16.3 Å². The summed E-state index contributed by atoms with van der Waals surface area (Å²) < 4.78 is 5.47. The molecule has 1 fully saturated rings. The van der Waals surface area contributed by atoms with Gasteiger partial charge in [0.2, 0.25) is 0 Å². The highest BCUT2D eigenvalue weighted by atomic mass is 35.5. The Balaban J connectivity index is 1.87. The van der Waals surface area contributed by atoms with Gasteiger partial charge < -0.3 is 10.1 Å². The average molecular weight is 238 g/mol. The molecule has 0 radical (unpaired) electrons. The molecule has 0 amide bonds. The summed E-state index contributed by atoms with van der Waals surface area (Å²) in [5, 5.41) is 3.98. The predicted octanol–water partition coefficient (Wildman–Crippen LogP) is 3.07. The van der Waals surface area contributed by atoms with Crippen LogP contribution in [0.5, 0.6) is 5.75 Å². The minimum atomic E-state index is 0.362. The van der Waals surface area contributed by atoms with Crippen molar-refractivity contribution < 1.29 is 4.74 Å². The van der Waals surface area contributed by atoms with Crippen LogP contribution in [-0.4, -0.2) is 12.6 Å². The largest absolute Gasteiger partial charge is 0.488 e. The fourth-order valence-corrected chi connectivity index (χ4v) is 1.51. The Kier molecular flexibility index (Phi) is 3.86. The van der Waals surface area contributed by atoms with Crippen LogP contribution in [0.4, 0.5) is 0 Å². The van der Waals surface area contributed by atoms with Crippen molar-refractivity contribution in [2.24, 2.45) is 0 Å². The zero-order valence-electron chi connectivity index (χ0n) is 9.21. The molecule has 0 bridgehead atoms. The molecule has 1 aliphatic rings. The molecule has 1 saturated carbocycles. The van der Waals surface area contributed by atoms with E-state index >= 15 is 0 Å². The normalized spacial score (nSPS) is 14.8. The standard InChI is InChI=1S/C13H16ClNO/c1-10(14)9-16-13-4-2-3-11(7-13)8-15-12-5-6-12/h2-4,7,12,15H,1,5-6,8-9H2. The Hall–Kier alpha value is -0.990. The first-order chi connectivity index (χ1) is 7.74. The van der Waals surface area contributed by atoms with Gasteiger partial charge in [-0.25, -0.2) is 0 Å². The third kappa shape index (κ3) is 3.87. The monoisotopic (exact) mass is 237 g/mol. The molecule has 0 atom stereocenters. The van der Waals surface area contributed by atoms with Crippen LogP contribution in [-0.2, 0) is 6.54 Å². The first-order valence-corrected chi connectivity index (χ1v) is 5.90. The van der Waals surface area contributed by atoms with Gasteiger partial charge in [0, 0.05) is 17.6 Å². The van der Waals surface area contributed by atoms with E-state index in [0.29, 0.717) is 11.6 Å². The molecular formula is C13H16ClNO. The summed E-state index contributed by atoms with van der Waals surface area (Å²) in [6, 6.07) is 8.79. The second-order valence-corrected chi connectivity index (χ2v) is 4.64. The number of hydrogen-bond donors (Lipinski definition) is 1. The van der Waals surface area contributed by atoms with Gasteiger partial charge in [-0.15, -0.1) is 0 Å². The van der Waals surface area contributed by atoms with Gasteiger partial charge in [-0.3, -0.25) is 0 Å². The average Bonchev–Trinajstić information content (AvgIpc) is 3.08. The number of benzene rings is 1. The van der Waals surface area contributed by atoms with Crippen molar-refractivity contribution in [3.63, 3.8) is 0 Å². The quantitative estimate of drug-likeness (QED) is 0.821. The number of ether oxygens (including phenoxy) is 1. The van der Waals surface area contributed by atoms with Crippen LogP contribution in [0.25, 0.3) is 0 Å². The summed E-state index contributed by atoms with van der Waals surface area (Å²) in [6.45, 7) is 4.86. The topological polar surface area (TPSA) is 21.3 Å². The first kappa shape index (κ1) is 11.5. The Morgan fingerprint density at radius 1 is 1.50 bits per heavy atom. The maximum Gasteiger partial charge on any atom is 0.123 e. The lowest BCUT2D eigenvalue weighted by Crippen LogP contribution is -2.15. The van der Waals surface area contributed by atoms with Crippen molar-refractivity contribution in [2.75, 3.05) is 6.61 Å². The zero-order valence-corrected chi connectivity index (χ0v) is 9.96. The summed E-state index contributed by atoms with van der Waals surface area (Å²) >= 11 is 5.65. The summed E-state index contributed by atoms with van der Waals surface area (Å²) in [6.07, 6.45) is 2.62.